The highest BCUT2D eigenvalue weighted by Gasteiger charge is 2.45. The fraction of sp³-hybridized carbons (Fsp3) is 0.789. The van der Waals surface area contributed by atoms with Crippen LogP contribution >= 0.6 is 22.6 Å². The van der Waals surface area contributed by atoms with E-state index in [9.17, 15) is 9.59 Å². The molecule has 0 aromatic rings. The Bertz CT molecular complexity index is 454. The van der Waals surface area contributed by atoms with E-state index in [1.807, 2.05) is 6.92 Å². The van der Waals surface area contributed by atoms with Gasteiger partial charge in [0.2, 0.25) is 0 Å². The topological polar surface area (TPSA) is 34.1 Å². The van der Waals surface area contributed by atoms with Gasteiger partial charge in [0.25, 0.3) is 0 Å². The van der Waals surface area contributed by atoms with E-state index in [0.29, 0.717) is 41.8 Å². The summed E-state index contributed by atoms with van der Waals surface area (Å²) in [6, 6.07) is 0. The van der Waals surface area contributed by atoms with Crippen molar-refractivity contribution in [3.63, 3.8) is 0 Å². The molecule has 0 heterocycles. The predicted molar refractivity (Wildman–Crippen MR) is 99.0 cm³/mol. The summed E-state index contributed by atoms with van der Waals surface area (Å²) in [5.41, 5.74) is 1.46. The molecule has 2 rings (SSSR count). The van der Waals surface area contributed by atoms with E-state index in [1.54, 1.807) is 0 Å². The van der Waals surface area contributed by atoms with Gasteiger partial charge in [-0.2, -0.15) is 0 Å². The summed E-state index contributed by atoms with van der Waals surface area (Å²) >= 11 is 2.51. The first-order chi connectivity index (χ1) is 10.4. The van der Waals surface area contributed by atoms with Crippen molar-refractivity contribution >= 4 is 34.7 Å². The lowest BCUT2D eigenvalue weighted by molar-refractivity contribution is -0.128. The normalized spacial score (nSPS) is 34.8. The summed E-state index contributed by atoms with van der Waals surface area (Å²) in [6.07, 6.45) is 5.88. The van der Waals surface area contributed by atoms with E-state index >= 15 is 0 Å². The van der Waals surface area contributed by atoms with Crippen molar-refractivity contribution in [1.29, 1.82) is 0 Å². The molecule has 2 aliphatic carbocycles. The van der Waals surface area contributed by atoms with Crippen molar-refractivity contribution in [2.24, 2.45) is 41.4 Å². The number of fused-ring (bicyclic) bond motifs is 1. The highest BCUT2D eigenvalue weighted by molar-refractivity contribution is 14.1. The lowest BCUT2D eigenvalue weighted by atomic mass is 9.57. The highest BCUT2D eigenvalue weighted by Crippen LogP contribution is 2.50. The van der Waals surface area contributed by atoms with Crippen LogP contribution in [-0.4, -0.2) is 16.5 Å². The predicted octanol–water partition coefficient (Wildman–Crippen LogP) is 4.71. The molecular weight excluding hydrogens is 387 g/mol. The number of carbonyl (C=O) groups excluding carboxylic acids is 2. The summed E-state index contributed by atoms with van der Waals surface area (Å²) in [7, 11) is 0. The van der Waals surface area contributed by atoms with Gasteiger partial charge in [-0.05, 0) is 48.9 Å². The largest absolute Gasteiger partial charge is 0.303 e. The fourth-order valence-corrected chi connectivity index (χ4v) is 6.37. The molecule has 0 bridgehead atoms. The minimum absolute atomic E-state index is 0.0170. The summed E-state index contributed by atoms with van der Waals surface area (Å²) in [5.74, 6) is 3.33. The molecule has 0 spiro atoms. The van der Waals surface area contributed by atoms with Crippen molar-refractivity contribution < 1.29 is 9.59 Å². The van der Waals surface area contributed by atoms with E-state index in [1.165, 1.54) is 5.57 Å². The molecule has 2 nitrogen and oxygen atoms in total. The minimum Gasteiger partial charge on any atom is -0.303 e. The van der Waals surface area contributed by atoms with E-state index < -0.39 is 0 Å². The maximum Gasteiger partial charge on any atom is 0.133 e. The van der Waals surface area contributed by atoms with Gasteiger partial charge in [-0.3, -0.25) is 4.79 Å². The summed E-state index contributed by atoms with van der Waals surface area (Å²) in [5, 5.41) is 0. The third-order valence-corrected chi connectivity index (χ3v) is 6.99. The average molecular weight is 416 g/mol. The first-order valence-corrected chi connectivity index (χ1v) is 10.1. The molecule has 1 fully saturated rings. The van der Waals surface area contributed by atoms with Gasteiger partial charge < -0.3 is 4.79 Å². The number of rotatable bonds is 5. The Morgan fingerprint density at radius 3 is 2.45 bits per heavy atom. The Hall–Kier alpha value is -0.190. The van der Waals surface area contributed by atoms with Gasteiger partial charge in [0, 0.05) is 23.2 Å². The Morgan fingerprint density at radius 2 is 1.91 bits per heavy atom. The van der Waals surface area contributed by atoms with E-state index in [0.717, 1.165) is 23.6 Å². The molecule has 0 aliphatic heterocycles. The van der Waals surface area contributed by atoms with Gasteiger partial charge >= 0.3 is 0 Å². The summed E-state index contributed by atoms with van der Waals surface area (Å²) in [6.45, 7) is 8.83. The van der Waals surface area contributed by atoms with E-state index in [4.69, 9.17) is 0 Å². The molecule has 6 atom stereocenters. The second kappa shape index (κ2) is 7.59. The van der Waals surface area contributed by atoms with Gasteiger partial charge in [0.1, 0.15) is 12.1 Å². The zero-order valence-electron chi connectivity index (χ0n) is 14.2. The zero-order valence-corrected chi connectivity index (χ0v) is 16.4. The van der Waals surface area contributed by atoms with Crippen molar-refractivity contribution in [2.75, 3.05) is 4.43 Å². The maximum absolute atomic E-state index is 12.3. The Morgan fingerprint density at radius 1 is 1.23 bits per heavy atom. The molecule has 0 aromatic heterocycles. The van der Waals surface area contributed by atoms with Crippen molar-refractivity contribution in [1.82, 2.24) is 0 Å². The number of carbonyl (C=O) groups is 2. The fourth-order valence-electron chi connectivity index (χ4n) is 4.70. The molecule has 22 heavy (non-hydrogen) atoms. The second-order valence-corrected chi connectivity index (χ2v) is 8.67. The molecule has 0 unspecified atom stereocenters. The molecule has 0 radical (unpaired) electrons. The highest BCUT2D eigenvalue weighted by atomic mass is 127. The van der Waals surface area contributed by atoms with Gasteiger partial charge in [0.15, 0.2) is 0 Å². The molecule has 0 saturated heterocycles. The Balaban J connectivity index is 2.35. The Labute approximate surface area is 148 Å². The lowest BCUT2D eigenvalue weighted by Crippen LogP contribution is -2.44. The first kappa shape index (κ1) is 18.2. The number of hydrogen-bond donors (Lipinski definition) is 0. The van der Waals surface area contributed by atoms with Crippen LogP contribution in [0.15, 0.2) is 11.6 Å². The summed E-state index contributed by atoms with van der Waals surface area (Å²) in [4.78, 5) is 23.6. The number of allylic oxidation sites excluding steroid dienone is 2. The molecule has 1 saturated carbocycles. The van der Waals surface area contributed by atoms with Gasteiger partial charge in [0.05, 0.1) is 0 Å². The molecule has 0 amide bonds. The SMILES string of the molecule is CC1=C[C@@H]2[C@H]([C@H](C)C=O)CC(=O)C[C@@H]2[C@H]([C@H](CI)C(C)C)C1. The number of hydrogen-bond acceptors (Lipinski definition) is 2. The number of aldehydes is 1. The van der Waals surface area contributed by atoms with Gasteiger partial charge in [-0.1, -0.05) is 55.0 Å². The number of halogens is 1. The molecule has 124 valence electrons. The third-order valence-electron chi connectivity index (χ3n) is 5.97. The van der Waals surface area contributed by atoms with Crippen LogP contribution in [0.2, 0.25) is 0 Å². The monoisotopic (exact) mass is 416 g/mol. The molecule has 0 N–H and O–H groups in total. The number of Topliss-reactive ketones (excluding diaryl/α,β-unsaturated/α-hetero) is 1. The molecule has 0 aromatic carbocycles. The van der Waals surface area contributed by atoms with Crippen molar-refractivity contribution in [2.45, 2.75) is 47.0 Å². The van der Waals surface area contributed by atoms with Crippen LogP contribution in [0, 0.1) is 41.4 Å². The van der Waals surface area contributed by atoms with Crippen LogP contribution < -0.4 is 0 Å². The van der Waals surface area contributed by atoms with Crippen LogP contribution in [0.4, 0.5) is 0 Å². The first-order valence-electron chi connectivity index (χ1n) is 8.59. The van der Waals surface area contributed by atoms with Crippen LogP contribution in [0.1, 0.15) is 47.0 Å². The van der Waals surface area contributed by atoms with E-state index in [-0.39, 0.29) is 11.8 Å². The number of alkyl halides is 1. The van der Waals surface area contributed by atoms with Crippen molar-refractivity contribution in [3.8, 4) is 0 Å². The third kappa shape index (κ3) is 3.65. The van der Waals surface area contributed by atoms with Crippen molar-refractivity contribution in [3.05, 3.63) is 11.6 Å². The minimum atomic E-state index is -0.0170. The van der Waals surface area contributed by atoms with E-state index in [2.05, 4.69) is 49.4 Å². The van der Waals surface area contributed by atoms with Gasteiger partial charge in [-0.15, -0.1) is 0 Å². The van der Waals surface area contributed by atoms with Crippen LogP contribution in [0.5, 0.6) is 0 Å². The van der Waals surface area contributed by atoms with Crippen LogP contribution in [0.3, 0.4) is 0 Å². The number of ketones is 1. The molecule has 3 heteroatoms. The quantitative estimate of drug-likeness (QED) is 0.282. The zero-order chi connectivity index (χ0) is 16.4. The average Bonchev–Trinajstić information content (AvgIpc) is 2.46. The second-order valence-electron chi connectivity index (χ2n) is 7.79. The Kier molecular flexibility index (Phi) is 6.26. The van der Waals surface area contributed by atoms with Crippen LogP contribution in [-0.2, 0) is 9.59 Å². The lowest BCUT2D eigenvalue weighted by Gasteiger charge is -2.47. The maximum atomic E-state index is 12.3. The summed E-state index contributed by atoms with van der Waals surface area (Å²) < 4.78 is 1.15. The molecular formula is C19H29IO2. The smallest absolute Gasteiger partial charge is 0.133 e. The van der Waals surface area contributed by atoms with Crippen LogP contribution in [0.25, 0.3) is 0 Å². The standard InChI is InChI=1S/C19H29IO2/c1-11(2)19(9-20)17-6-12(3)5-16-15(13(4)10-21)7-14(22)8-18(16)17/h5,10-11,13,15-19H,6-9H2,1-4H3/t13-,15+,16-,17-,18+,19-/m1/s1. The van der Waals surface area contributed by atoms with Gasteiger partial charge in [-0.25, -0.2) is 0 Å². The molecule has 2 aliphatic rings.